The zero-order chi connectivity index (χ0) is 26.7. The summed E-state index contributed by atoms with van der Waals surface area (Å²) in [5.41, 5.74) is 3.61. The summed E-state index contributed by atoms with van der Waals surface area (Å²) in [5, 5.41) is 2.94. The number of ether oxygens (including phenoxy) is 1. The van der Waals surface area contributed by atoms with Gasteiger partial charge in [-0.05, 0) is 59.0 Å². The highest BCUT2D eigenvalue weighted by Crippen LogP contribution is 2.32. The summed E-state index contributed by atoms with van der Waals surface area (Å²) in [6.45, 7) is 4.21. The average Bonchev–Trinajstić information content (AvgIpc) is 2.93. The number of anilines is 1. The van der Waals surface area contributed by atoms with Gasteiger partial charge in [0.2, 0.25) is 5.91 Å². The van der Waals surface area contributed by atoms with Gasteiger partial charge in [0.15, 0.2) is 0 Å². The Hall–Kier alpha value is -3.69. The van der Waals surface area contributed by atoms with Crippen LogP contribution in [0.2, 0.25) is 0 Å². The van der Waals surface area contributed by atoms with Crippen LogP contribution in [-0.4, -0.2) is 61.0 Å². The van der Waals surface area contributed by atoms with Crippen molar-refractivity contribution < 1.29 is 27.5 Å². The highest BCUT2D eigenvalue weighted by molar-refractivity contribution is 6.08. The molecule has 198 valence electrons. The van der Waals surface area contributed by atoms with Crippen molar-refractivity contribution in [3.8, 4) is 11.1 Å². The van der Waals surface area contributed by atoms with E-state index in [-0.39, 0.29) is 11.8 Å². The molecule has 38 heavy (non-hydrogen) atoms. The fourth-order valence-corrected chi connectivity index (χ4v) is 4.90. The van der Waals surface area contributed by atoms with Crippen LogP contribution in [-0.2, 0) is 28.7 Å². The van der Waals surface area contributed by atoms with Crippen LogP contribution in [0.25, 0.3) is 11.1 Å². The molecule has 0 unspecified atom stereocenters. The predicted molar refractivity (Wildman–Crippen MR) is 138 cm³/mol. The van der Waals surface area contributed by atoms with E-state index in [1.54, 1.807) is 24.3 Å². The van der Waals surface area contributed by atoms with Gasteiger partial charge in [0.25, 0.3) is 5.91 Å². The lowest BCUT2D eigenvalue weighted by molar-refractivity contribution is -0.138. The van der Waals surface area contributed by atoms with Gasteiger partial charge in [-0.25, -0.2) is 0 Å². The molecule has 3 aromatic rings. The van der Waals surface area contributed by atoms with E-state index in [9.17, 15) is 22.8 Å². The Kier molecular flexibility index (Phi) is 7.49. The molecule has 0 spiro atoms. The Balaban J connectivity index is 1.25. The van der Waals surface area contributed by atoms with Crippen LogP contribution in [0.1, 0.15) is 27.0 Å². The maximum atomic E-state index is 13.2. The van der Waals surface area contributed by atoms with Crippen LogP contribution >= 0.6 is 0 Å². The first kappa shape index (κ1) is 25.9. The highest BCUT2D eigenvalue weighted by atomic mass is 19.4. The molecule has 0 atom stereocenters. The summed E-state index contributed by atoms with van der Waals surface area (Å²) in [7, 11) is 0. The third-order valence-corrected chi connectivity index (χ3v) is 6.97. The molecule has 0 bridgehead atoms. The minimum atomic E-state index is -4.42. The standard InChI is InChI=1S/C29H28F3N3O3/c30-29(31,32)23-8-5-20(6-9-23)25-3-1-2-4-26(25)28(37)33-24-10-7-22-18-34(12-11-21(22)17-24)19-27(36)35-13-15-38-16-14-35/h1-10,17H,11-16,18-19H2,(H,33,37). The summed E-state index contributed by atoms with van der Waals surface area (Å²) in [5.74, 6) is -0.221. The molecule has 2 aliphatic heterocycles. The third kappa shape index (κ3) is 5.89. The van der Waals surface area contributed by atoms with Gasteiger partial charge in [0.1, 0.15) is 0 Å². The van der Waals surface area contributed by atoms with Crippen molar-refractivity contribution in [1.82, 2.24) is 9.80 Å². The van der Waals surface area contributed by atoms with Crippen LogP contribution < -0.4 is 5.32 Å². The lowest BCUT2D eigenvalue weighted by atomic mass is 9.97. The number of fused-ring (bicyclic) bond motifs is 1. The lowest BCUT2D eigenvalue weighted by Crippen LogP contribution is -2.46. The number of carbonyl (C=O) groups is 2. The topological polar surface area (TPSA) is 61.9 Å². The minimum absolute atomic E-state index is 0.118. The molecule has 1 N–H and O–H groups in total. The Morgan fingerprint density at radius 3 is 2.37 bits per heavy atom. The molecular weight excluding hydrogens is 495 g/mol. The fraction of sp³-hybridized carbons (Fsp3) is 0.310. The SMILES string of the molecule is O=C(Nc1ccc2c(c1)CCN(CC(=O)N1CCOCC1)C2)c1ccccc1-c1ccc(C(F)(F)F)cc1. The number of carbonyl (C=O) groups excluding carboxylic acids is 2. The second kappa shape index (κ2) is 11.0. The zero-order valence-electron chi connectivity index (χ0n) is 20.8. The summed E-state index contributed by atoms with van der Waals surface area (Å²) < 4.78 is 44.2. The third-order valence-electron chi connectivity index (χ3n) is 6.97. The molecular formula is C29H28F3N3O3. The summed E-state index contributed by atoms with van der Waals surface area (Å²) >= 11 is 0. The van der Waals surface area contributed by atoms with Gasteiger partial charge in [0.05, 0.1) is 25.3 Å². The van der Waals surface area contributed by atoms with Crippen molar-refractivity contribution >= 4 is 17.5 Å². The molecule has 0 aliphatic carbocycles. The van der Waals surface area contributed by atoms with E-state index in [2.05, 4.69) is 10.2 Å². The molecule has 3 aromatic carbocycles. The quantitative estimate of drug-likeness (QED) is 0.520. The number of alkyl halides is 3. The van der Waals surface area contributed by atoms with Crippen molar-refractivity contribution in [3.05, 3.63) is 89.0 Å². The number of hydrogen-bond donors (Lipinski definition) is 1. The van der Waals surface area contributed by atoms with Gasteiger partial charge in [-0.1, -0.05) is 36.4 Å². The number of amides is 2. The number of rotatable bonds is 5. The summed E-state index contributed by atoms with van der Waals surface area (Å²) in [6, 6.07) is 17.4. The van der Waals surface area contributed by atoms with Crippen molar-refractivity contribution in [3.63, 3.8) is 0 Å². The Bertz CT molecular complexity index is 1320. The summed E-state index contributed by atoms with van der Waals surface area (Å²) in [4.78, 5) is 29.8. The normalized spacial score (nSPS) is 16.1. The Labute approximate surface area is 219 Å². The van der Waals surface area contributed by atoms with E-state index in [1.807, 2.05) is 23.1 Å². The van der Waals surface area contributed by atoms with E-state index in [1.165, 1.54) is 12.1 Å². The predicted octanol–water partition coefficient (Wildman–Crippen LogP) is 4.84. The van der Waals surface area contributed by atoms with Crippen molar-refractivity contribution in [2.45, 2.75) is 19.1 Å². The molecule has 0 saturated carbocycles. The zero-order valence-corrected chi connectivity index (χ0v) is 20.8. The van der Waals surface area contributed by atoms with Gasteiger partial charge in [-0.15, -0.1) is 0 Å². The number of hydrogen-bond acceptors (Lipinski definition) is 4. The molecule has 5 rings (SSSR count). The van der Waals surface area contributed by atoms with Gasteiger partial charge in [0, 0.05) is 37.4 Å². The largest absolute Gasteiger partial charge is 0.416 e. The van der Waals surface area contributed by atoms with Gasteiger partial charge in [-0.3, -0.25) is 14.5 Å². The van der Waals surface area contributed by atoms with Crippen LogP contribution in [0.4, 0.5) is 18.9 Å². The van der Waals surface area contributed by atoms with Crippen LogP contribution in [0.15, 0.2) is 66.7 Å². The maximum Gasteiger partial charge on any atom is 0.416 e. The second-order valence-electron chi connectivity index (χ2n) is 9.51. The first-order chi connectivity index (χ1) is 18.3. The molecule has 1 fully saturated rings. The van der Waals surface area contributed by atoms with Crippen LogP contribution in [0, 0.1) is 0 Å². The van der Waals surface area contributed by atoms with Crippen molar-refractivity contribution in [1.29, 1.82) is 0 Å². The van der Waals surface area contributed by atoms with Crippen molar-refractivity contribution in [2.24, 2.45) is 0 Å². The van der Waals surface area contributed by atoms with E-state index in [0.717, 1.165) is 36.2 Å². The maximum absolute atomic E-state index is 13.2. The highest BCUT2D eigenvalue weighted by Gasteiger charge is 2.30. The number of benzene rings is 3. The molecule has 2 heterocycles. The minimum Gasteiger partial charge on any atom is -0.378 e. The Morgan fingerprint density at radius 2 is 1.63 bits per heavy atom. The smallest absolute Gasteiger partial charge is 0.378 e. The molecule has 6 nitrogen and oxygen atoms in total. The molecule has 1 saturated heterocycles. The first-order valence-electron chi connectivity index (χ1n) is 12.6. The second-order valence-corrected chi connectivity index (χ2v) is 9.51. The fourth-order valence-electron chi connectivity index (χ4n) is 4.90. The number of morpholine rings is 1. The van der Waals surface area contributed by atoms with Crippen LogP contribution in [0.5, 0.6) is 0 Å². The van der Waals surface area contributed by atoms with Crippen molar-refractivity contribution in [2.75, 3.05) is 44.7 Å². The van der Waals surface area contributed by atoms with E-state index in [0.29, 0.717) is 61.8 Å². The van der Waals surface area contributed by atoms with Gasteiger partial charge >= 0.3 is 6.18 Å². The monoisotopic (exact) mass is 523 g/mol. The first-order valence-corrected chi connectivity index (χ1v) is 12.6. The number of halogens is 3. The number of nitrogens with zero attached hydrogens (tertiary/aromatic N) is 2. The lowest BCUT2D eigenvalue weighted by Gasteiger charge is -2.32. The van der Waals surface area contributed by atoms with Gasteiger partial charge < -0.3 is 15.0 Å². The van der Waals surface area contributed by atoms with E-state index >= 15 is 0 Å². The van der Waals surface area contributed by atoms with Crippen LogP contribution in [0.3, 0.4) is 0 Å². The van der Waals surface area contributed by atoms with Gasteiger partial charge in [-0.2, -0.15) is 13.2 Å². The molecule has 2 amide bonds. The number of nitrogens with one attached hydrogen (secondary N) is 1. The molecule has 0 aromatic heterocycles. The molecule has 0 radical (unpaired) electrons. The molecule has 2 aliphatic rings. The summed E-state index contributed by atoms with van der Waals surface area (Å²) in [6.07, 6.45) is -3.66. The van der Waals surface area contributed by atoms with E-state index in [4.69, 9.17) is 4.74 Å². The van der Waals surface area contributed by atoms with E-state index < -0.39 is 11.7 Å². The average molecular weight is 524 g/mol. The Morgan fingerprint density at radius 1 is 0.895 bits per heavy atom. The molecule has 9 heteroatoms.